The second-order valence-corrected chi connectivity index (χ2v) is 4.41. The van der Waals surface area contributed by atoms with E-state index in [1.165, 1.54) is 0 Å². The lowest BCUT2D eigenvalue weighted by atomic mass is 10.2. The zero-order valence-corrected chi connectivity index (χ0v) is 10.4. The van der Waals surface area contributed by atoms with Gasteiger partial charge in [0.05, 0.1) is 11.9 Å². The van der Waals surface area contributed by atoms with Crippen LogP contribution in [0.15, 0.2) is 42.9 Å². The van der Waals surface area contributed by atoms with Crippen LogP contribution in [-0.2, 0) is 0 Å². The molecule has 0 bridgehead atoms. The van der Waals surface area contributed by atoms with Crippen LogP contribution < -0.4 is 0 Å². The number of nitrogens with zero attached hydrogens (tertiary/aromatic N) is 4. The van der Waals surface area contributed by atoms with Gasteiger partial charge in [-0.3, -0.25) is 4.98 Å². The van der Waals surface area contributed by atoms with E-state index in [2.05, 4.69) is 37.7 Å². The van der Waals surface area contributed by atoms with E-state index in [0.29, 0.717) is 0 Å². The molecule has 0 aliphatic heterocycles. The van der Waals surface area contributed by atoms with E-state index in [0.717, 1.165) is 20.6 Å². The van der Waals surface area contributed by atoms with Crippen molar-refractivity contribution in [1.82, 2.24) is 19.6 Å². The van der Waals surface area contributed by atoms with Gasteiger partial charge in [-0.2, -0.15) is 5.10 Å². The van der Waals surface area contributed by atoms with Crippen LogP contribution in [0.25, 0.3) is 16.9 Å². The molecule has 0 unspecified atom stereocenters. The van der Waals surface area contributed by atoms with Crippen molar-refractivity contribution in [2.45, 2.75) is 0 Å². The molecule has 0 aromatic carbocycles. The normalized spacial score (nSPS) is 10.8. The summed E-state index contributed by atoms with van der Waals surface area (Å²) >= 11 is 2.21. The summed E-state index contributed by atoms with van der Waals surface area (Å²) in [5, 5.41) is 4.52. The first-order valence-electron chi connectivity index (χ1n) is 4.75. The summed E-state index contributed by atoms with van der Waals surface area (Å²) in [6.07, 6.45) is 5.33. The van der Waals surface area contributed by atoms with Gasteiger partial charge in [0, 0.05) is 18.0 Å². The van der Waals surface area contributed by atoms with Crippen molar-refractivity contribution >= 4 is 28.2 Å². The van der Waals surface area contributed by atoms with E-state index >= 15 is 0 Å². The Bertz CT molecular complexity index is 633. The molecule has 0 aliphatic rings. The fourth-order valence-electron chi connectivity index (χ4n) is 1.52. The molecule has 0 saturated heterocycles. The van der Waals surface area contributed by atoms with Crippen molar-refractivity contribution < 1.29 is 0 Å². The lowest BCUT2D eigenvalue weighted by Crippen LogP contribution is -1.95. The number of pyridine rings is 1. The summed E-state index contributed by atoms with van der Waals surface area (Å²) in [6, 6.07) is 7.81. The van der Waals surface area contributed by atoms with Gasteiger partial charge in [0.25, 0.3) is 0 Å². The van der Waals surface area contributed by atoms with Crippen LogP contribution >= 0.6 is 22.6 Å². The van der Waals surface area contributed by atoms with Gasteiger partial charge in [-0.15, -0.1) is 0 Å². The van der Waals surface area contributed by atoms with E-state index in [4.69, 9.17) is 0 Å². The fraction of sp³-hybridized carbons (Fsp3) is 0. The molecule has 0 aliphatic carbocycles. The molecule has 3 heterocycles. The zero-order valence-electron chi connectivity index (χ0n) is 8.21. The first-order valence-corrected chi connectivity index (χ1v) is 5.83. The van der Waals surface area contributed by atoms with Gasteiger partial charge in [0.15, 0.2) is 5.65 Å². The third-order valence-corrected chi connectivity index (χ3v) is 3.03. The third kappa shape index (κ3) is 1.57. The highest BCUT2D eigenvalue weighted by Crippen LogP contribution is 2.17. The molecule has 0 saturated carbocycles. The van der Waals surface area contributed by atoms with Gasteiger partial charge in [-0.25, -0.2) is 9.50 Å². The van der Waals surface area contributed by atoms with E-state index in [1.54, 1.807) is 18.6 Å². The number of halogens is 1. The molecule has 0 amide bonds. The monoisotopic (exact) mass is 322 g/mol. The maximum atomic E-state index is 4.52. The standard InChI is InChI=1S/C11H7IN4/c12-10-7-14-11-2-1-9(15-16(10)11)8-3-5-13-6-4-8/h1-7H. The Balaban J connectivity index is 2.22. The van der Waals surface area contributed by atoms with Crippen LogP contribution in [0.4, 0.5) is 0 Å². The molecule has 0 radical (unpaired) electrons. The van der Waals surface area contributed by atoms with Crippen molar-refractivity contribution in [2.75, 3.05) is 0 Å². The maximum Gasteiger partial charge on any atom is 0.154 e. The zero-order chi connectivity index (χ0) is 11.0. The number of aromatic nitrogens is 4. The van der Waals surface area contributed by atoms with Crippen LogP contribution in [0.5, 0.6) is 0 Å². The van der Waals surface area contributed by atoms with Crippen LogP contribution in [0.2, 0.25) is 0 Å². The summed E-state index contributed by atoms with van der Waals surface area (Å²) in [6.45, 7) is 0. The van der Waals surface area contributed by atoms with Crippen molar-refractivity contribution in [2.24, 2.45) is 0 Å². The molecule has 0 N–H and O–H groups in total. The predicted molar refractivity (Wildman–Crippen MR) is 68.9 cm³/mol. The molecule has 3 rings (SSSR count). The number of rotatable bonds is 1. The summed E-state index contributed by atoms with van der Waals surface area (Å²) < 4.78 is 2.83. The molecule has 5 heteroatoms. The Kier molecular flexibility index (Phi) is 2.32. The highest BCUT2D eigenvalue weighted by molar-refractivity contribution is 14.1. The second kappa shape index (κ2) is 3.82. The smallest absolute Gasteiger partial charge is 0.154 e. The average molecular weight is 322 g/mol. The highest BCUT2D eigenvalue weighted by atomic mass is 127. The minimum Gasteiger partial charge on any atom is -0.265 e. The van der Waals surface area contributed by atoms with Gasteiger partial charge < -0.3 is 0 Å². The minimum absolute atomic E-state index is 0.863. The maximum absolute atomic E-state index is 4.52. The van der Waals surface area contributed by atoms with Crippen molar-refractivity contribution in [3.63, 3.8) is 0 Å². The Morgan fingerprint density at radius 3 is 2.69 bits per heavy atom. The fourth-order valence-corrected chi connectivity index (χ4v) is 2.02. The van der Waals surface area contributed by atoms with Crippen LogP contribution in [-0.4, -0.2) is 19.6 Å². The largest absolute Gasteiger partial charge is 0.265 e. The Morgan fingerprint density at radius 1 is 1.06 bits per heavy atom. The molecule has 4 nitrogen and oxygen atoms in total. The van der Waals surface area contributed by atoms with Gasteiger partial charge in [0.2, 0.25) is 0 Å². The molecule has 78 valence electrons. The van der Waals surface area contributed by atoms with Crippen molar-refractivity contribution in [3.8, 4) is 11.3 Å². The topological polar surface area (TPSA) is 43.1 Å². The average Bonchev–Trinajstić information content (AvgIpc) is 2.72. The summed E-state index contributed by atoms with van der Waals surface area (Å²) in [5.41, 5.74) is 2.84. The predicted octanol–water partition coefficient (Wildman–Crippen LogP) is 2.40. The van der Waals surface area contributed by atoms with E-state index < -0.39 is 0 Å². The quantitative estimate of drug-likeness (QED) is 0.646. The Labute approximate surface area is 105 Å². The minimum atomic E-state index is 0.863. The summed E-state index contributed by atoms with van der Waals surface area (Å²) in [7, 11) is 0. The highest BCUT2D eigenvalue weighted by Gasteiger charge is 2.04. The number of fused-ring (bicyclic) bond motifs is 1. The van der Waals surface area contributed by atoms with E-state index in [1.807, 2.05) is 28.8 Å². The lowest BCUT2D eigenvalue weighted by Gasteiger charge is -2.01. The molecule has 16 heavy (non-hydrogen) atoms. The van der Waals surface area contributed by atoms with Crippen LogP contribution in [0.1, 0.15) is 0 Å². The van der Waals surface area contributed by atoms with Gasteiger partial charge in [-0.1, -0.05) is 0 Å². The molecule has 3 aromatic rings. The summed E-state index contributed by atoms with van der Waals surface area (Å²) in [5.74, 6) is 0. The lowest BCUT2D eigenvalue weighted by molar-refractivity contribution is 0.919. The Hall–Kier alpha value is -1.50. The van der Waals surface area contributed by atoms with E-state index in [-0.39, 0.29) is 0 Å². The molecular weight excluding hydrogens is 315 g/mol. The molecule has 0 fully saturated rings. The number of imidazole rings is 1. The number of hydrogen-bond acceptors (Lipinski definition) is 3. The van der Waals surface area contributed by atoms with Gasteiger partial charge in [-0.05, 0) is 46.9 Å². The molecule has 0 atom stereocenters. The Morgan fingerprint density at radius 2 is 1.88 bits per heavy atom. The first-order chi connectivity index (χ1) is 7.84. The second-order valence-electron chi connectivity index (χ2n) is 3.31. The van der Waals surface area contributed by atoms with Crippen LogP contribution in [0, 0.1) is 3.70 Å². The number of hydrogen-bond donors (Lipinski definition) is 0. The van der Waals surface area contributed by atoms with Crippen LogP contribution in [0.3, 0.4) is 0 Å². The summed E-state index contributed by atoms with van der Waals surface area (Å²) in [4.78, 5) is 8.23. The van der Waals surface area contributed by atoms with E-state index in [9.17, 15) is 0 Å². The molecular formula is C11H7IN4. The third-order valence-electron chi connectivity index (χ3n) is 2.30. The van der Waals surface area contributed by atoms with Gasteiger partial charge >= 0.3 is 0 Å². The molecule has 0 spiro atoms. The molecule has 3 aromatic heterocycles. The first kappa shape index (κ1) is 9.71. The van der Waals surface area contributed by atoms with Crippen molar-refractivity contribution in [3.05, 3.63) is 46.6 Å². The SMILES string of the molecule is Ic1cnc2ccc(-c3ccncc3)nn12. The van der Waals surface area contributed by atoms with Crippen molar-refractivity contribution in [1.29, 1.82) is 0 Å². The van der Waals surface area contributed by atoms with Gasteiger partial charge in [0.1, 0.15) is 3.70 Å².